The highest BCUT2D eigenvalue weighted by Crippen LogP contribution is 2.29. The summed E-state index contributed by atoms with van der Waals surface area (Å²) >= 11 is 0. The molecule has 1 aliphatic rings. The number of nitrogen functional groups attached to an aromatic ring is 1. The Morgan fingerprint density at radius 3 is 2.75 bits per heavy atom. The molecule has 2 aromatic carbocycles. The van der Waals surface area contributed by atoms with Gasteiger partial charge >= 0.3 is 0 Å². The molecular weight excluding hydrogens is 255 g/mol. The number of carbonyl (C=O) groups is 1. The Labute approximate surface area is 116 Å². The number of fused-ring (bicyclic) bond motifs is 1. The van der Waals surface area contributed by atoms with E-state index < -0.39 is 5.82 Å². The molecular formula is C16H15FN2O. The fraction of sp³-hybridized carbons (Fsp3) is 0.188. The molecule has 0 aliphatic carbocycles. The molecule has 3 rings (SSSR count). The number of hydrogen-bond acceptors (Lipinski definition) is 2. The zero-order valence-electron chi connectivity index (χ0n) is 11.0. The molecule has 0 unspecified atom stereocenters. The van der Waals surface area contributed by atoms with Gasteiger partial charge in [0.15, 0.2) is 0 Å². The summed E-state index contributed by atoms with van der Waals surface area (Å²) in [5, 5.41) is 0. The van der Waals surface area contributed by atoms with Crippen molar-refractivity contribution in [2.24, 2.45) is 0 Å². The van der Waals surface area contributed by atoms with Gasteiger partial charge in [-0.15, -0.1) is 0 Å². The van der Waals surface area contributed by atoms with Crippen molar-refractivity contribution in [1.29, 1.82) is 0 Å². The summed E-state index contributed by atoms with van der Waals surface area (Å²) in [6.45, 7) is 0.368. The number of amides is 1. The van der Waals surface area contributed by atoms with E-state index in [4.69, 9.17) is 5.73 Å². The predicted molar refractivity (Wildman–Crippen MR) is 76.8 cm³/mol. The SMILES string of the molecule is Nc1ccc(CN2C(=O)CCc3ccccc32)cc1F. The Kier molecular flexibility index (Phi) is 3.14. The second-order valence-electron chi connectivity index (χ2n) is 4.96. The topological polar surface area (TPSA) is 46.3 Å². The number of benzene rings is 2. The Hall–Kier alpha value is -2.36. The maximum atomic E-state index is 13.5. The van der Waals surface area contributed by atoms with Crippen molar-refractivity contribution in [3.05, 3.63) is 59.4 Å². The van der Waals surface area contributed by atoms with Crippen LogP contribution in [0.3, 0.4) is 0 Å². The van der Waals surface area contributed by atoms with Gasteiger partial charge < -0.3 is 10.6 Å². The Morgan fingerprint density at radius 2 is 1.95 bits per heavy atom. The first-order chi connectivity index (χ1) is 9.65. The number of halogens is 1. The van der Waals surface area contributed by atoms with Crippen LogP contribution in [0.4, 0.5) is 15.8 Å². The fourth-order valence-electron chi connectivity index (χ4n) is 2.52. The Bertz CT molecular complexity index is 669. The van der Waals surface area contributed by atoms with E-state index in [2.05, 4.69) is 0 Å². The first-order valence-corrected chi connectivity index (χ1v) is 6.57. The minimum atomic E-state index is -0.444. The molecule has 1 amide bonds. The van der Waals surface area contributed by atoms with E-state index in [9.17, 15) is 9.18 Å². The monoisotopic (exact) mass is 270 g/mol. The van der Waals surface area contributed by atoms with Crippen LogP contribution in [0.15, 0.2) is 42.5 Å². The molecule has 2 N–H and O–H groups in total. The lowest BCUT2D eigenvalue weighted by Crippen LogP contribution is -2.34. The normalized spacial score (nSPS) is 14.2. The maximum absolute atomic E-state index is 13.5. The van der Waals surface area contributed by atoms with Gasteiger partial charge in [0, 0.05) is 12.1 Å². The van der Waals surface area contributed by atoms with Crippen molar-refractivity contribution in [3.63, 3.8) is 0 Å². The number of nitrogens with zero attached hydrogens (tertiary/aromatic N) is 1. The fourth-order valence-corrected chi connectivity index (χ4v) is 2.52. The molecule has 4 heteroatoms. The van der Waals surface area contributed by atoms with Crippen LogP contribution in [0, 0.1) is 5.82 Å². The molecule has 1 aliphatic heterocycles. The molecule has 0 saturated carbocycles. The van der Waals surface area contributed by atoms with Crippen molar-refractivity contribution in [1.82, 2.24) is 0 Å². The van der Waals surface area contributed by atoms with Gasteiger partial charge in [-0.2, -0.15) is 0 Å². The van der Waals surface area contributed by atoms with Gasteiger partial charge in [0.25, 0.3) is 0 Å². The summed E-state index contributed by atoms with van der Waals surface area (Å²) in [6, 6.07) is 12.5. The molecule has 0 spiro atoms. The smallest absolute Gasteiger partial charge is 0.227 e. The molecule has 0 bridgehead atoms. The lowest BCUT2D eigenvalue weighted by atomic mass is 10.0. The largest absolute Gasteiger partial charge is 0.396 e. The van der Waals surface area contributed by atoms with Crippen molar-refractivity contribution < 1.29 is 9.18 Å². The van der Waals surface area contributed by atoms with Crippen LogP contribution in [0.25, 0.3) is 0 Å². The zero-order chi connectivity index (χ0) is 14.1. The maximum Gasteiger partial charge on any atom is 0.227 e. The Balaban J connectivity index is 1.93. The molecule has 0 aromatic heterocycles. The van der Waals surface area contributed by atoms with E-state index in [1.165, 1.54) is 12.1 Å². The standard InChI is InChI=1S/C16H15FN2O/c17-13-9-11(5-7-14(13)18)10-19-15-4-2-1-3-12(15)6-8-16(19)20/h1-5,7,9H,6,8,10,18H2. The first kappa shape index (κ1) is 12.7. The summed E-state index contributed by atoms with van der Waals surface area (Å²) in [5.41, 5.74) is 8.41. The second-order valence-corrected chi connectivity index (χ2v) is 4.96. The van der Waals surface area contributed by atoms with E-state index in [0.717, 1.165) is 23.2 Å². The summed E-state index contributed by atoms with van der Waals surface area (Å²) in [7, 11) is 0. The third kappa shape index (κ3) is 2.25. The average molecular weight is 270 g/mol. The first-order valence-electron chi connectivity index (χ1n) is 6.57. The second kappa shape index (κ2) is 4.96. The number of nitrogens with two attached hydrogens (primary N) is 1. The lowest BCUT2D eigenvalue weighted by molar-refractivity contribution is -0.119. The van der Waals surface area contributed by atoms with Crippen LogP contribution in [-0.4, -0.2) is 5.91 Å². The van der Waals surface area contributed by atoms with Crippen LogP contribution in [0.5, 0.6) is 0 Å². The third-order valence-electron chi connectivity index (χ3n) is 3.60. The number of para-hydroxylation sites is 1. The predicted octanol–water partition coefficient (Wildman–Crippen LogP) is 2.89. The van der Waals surface area contributed by atoms with Crippen LogP contribution in [0.2, 0.25) is 0 Å². The van der Waals surface area contributed by atoms with Crippen molar-refractivity contribution in [2.45, 2.75) is 19.4 Å². The van der Waals surface area contributed by atoms with Gasteiger partial charge in [-0.25, -0.2) is 4.39 Å². The van der Waals surface area contributed by atoms with Crippen molar-refractivity contribution >= 4 is 17.3 Å². The lowest BCUT2D eigenvalue weighted by Gasteiger charge is -2.29. The summed E-state index contributed by atoms with van der Waals surface area (Å²) < 4.78 is 13.5. The van der Waals surface area contributed by atoms with Gasteiger partial charge in [0.05, 0.1) is 12.2 Å². The van der Waals surface area contributed by atoms with Gasteiger partial charge in [0.2, 0.25) is 5.91 Å². The number of rotatable bonds is 2. The average Bonchev–Trinajstić information content (AvgIpc) is 2.46. The van der Waals surface area contributed by atoms with Crippen LogP contribution < -0.4 is 10.6 Å². The van der Waals surface area contributed by atoms with E-state index in [0.29, 0.717) is 13.0 Å². The number of anilines is 2. The molecule has 102 valence electrons. The highest BCUT2D eigenvalue weighted by Gasteiger charge is 2.23. The molecule has 3 nitrogen and oxygen atoms in total. The molecule has 2 aromatic rings. The van der Waals surface area contributed by atoms with Crippen molar-refractivity contribution in [2.75, 3.05) is 10.6 Å². The summed E-state index contributed by atoms with van der Waals surface area (Å²) in [5.74, 6) is -0.374. The van der Waals surface area contributed by atoms with Crippen LogP contribution >= 0.6 is 0 Å². The molecule has 0 atom stereocenters. The van der Waals surface area contributed by atoms with Crippen LogP contribution in [0.1, 0.15) is 17.5 Å². The summed E-state index contributed by atoms with van der Waals surface area (Å²) in [6.07, 6.45) is 1.26. The van der Waals surface area contributed by atoms with Gasteiger partial charge in [-0.05, 0) is 35.7 Å². The minimum Gasteiger partial charge on any atom is -0.396 e. The van der Waals surface area contributed by atoms with E-state index in [1.54, 1.807) is 11.0 Å². The quantitative estimate of drug-likeness (QED) is 0.853. The van der Waals surface area contributed by atoms with Gasteiger partial charge in [-0.1, -0.05) is 24.3 Å². The third-order valence-corrected chi connectivity index (χ3v) is 3.60. The van der Waals surface area contributed by atoms with Gasteiger partial charge in [0.1, 0.15) is 5.82 Å². The highest BCUT2D eigenvalue weighted by molar-refractivity contribution is 5.96. The zero-order valence-corrected chi connectivity index (χ0v) is 11.0. The van der Waals surface area contributed by atoms with E-state index >= 15 is 0 Å². The molecule has 1 heterocycles. The number of carbonyl (C=O) groups excluding carboxylic acids is 1. The van der Waals surface area contributed by atoms with Gasteiger partial charge in [-0.3, -0.25) is 4.79 Å². The van der Waals surface area contributed by atoms with E-state index in [1.807, 2.05) is 24.3 Å². The number of aryl methyl sites for hydroxylation is 1. The summed E-state index contributed by atoms with van der Waals surface area (Å²) in [4.78, 5) is 13.8. The van der Waals surface area contributed by atoms with E-state index in [-0.39, 0.29) is 11.6 Å². The molecule has 20 heavy (non-hydrogen) atoms. The Morgan fingerprint density at radius 1 is 1.15 bits per heavy atom. The van der Waals surface area contributed by atoms with Crippen LogP contribution in [-0.2, 0) is 17.8 Å². The number of hydrogen-bond donors (Lipinski definition) is 1. The highest BCUT2D eigenvalue weighted by atomic mass is 19.1. The molecule has 0 saturated heterocycles. The molecule has 0 radical (unpaired) electrons. The van der Waals surface area contributed by atoms with Crippen molar-refractivity contribution in [3.8, 4) is 0 Å². The molecule has 0 fully saturated rings. The minimum absolute atomic E-state index is 0.0703.